The summed E-state index contributed by atoms with van der Waals surface area (Å²) in [5, 5.41) is 16.6. The lowest BCUT2D eigenvalue weighted by Gasteiger charge is -2.00. The molecule has 0 bridgehead atoms. The Labute approximate surface area is 97.4 Å². The zero-order valence-corrected chi connectivity index (χ0v) is 10.3. The molecule has 0 amide bonds. The molecule has 0 aromatic carbocycles. The Balaban J connectivity index is 2.05. The van der Waals surface area contributed by atoms with Gasteiger partial charge in [0.25, 0.3) is 0 Å². The Morgan fingerprint density at radius 3 is 2.69 bits per heavy atom. The van der Waals surface area contributed by atoms with Crippen LogP contribution >= 0.6 is 11.8 Å². The van der Waals surface area contributed by atoms with Gasteiger partial charge in [0.05, 0.1) is 0 Å². The van der Waals surface area contributed by atoms with Crippen LogP contribution in [0.25, 0.3) is 0 Å². The van der Waals surface area contributed by atoms with E-state index in [1.807, 2.05) is 18.5 Å². The van der Waals surface area contributed by atoms with Crippen LogP contribution in [0.3, 0.4) is 0 Å². The van der Waals surface area contributed by atoms with E-state index in [1.54, 1.807) is 11.8 Å². The zero-order valence-electron chi connectivity index (χ0n) is 9.47. The highest BCUT2D eigenvalue weighted by Crippen LogP contribution is 2.21. The quantitative estimate of drug-likeness (QED) is 0.750. The standard InChI is InChI=1S/C9H13N5OS/c1-4-8-10-11-9(14(8)3)16-5-7-6(2)12-15-13-7/h4-5H2,1-3H3. The van der Waals surface area contributed by atoms with Gasteiger partial charge in [0.1, 0.15) is 17.2 Å². The van der Waals surface area contributed by atoms with E-state index in [-0.39, 0.29) is 0 Å². The third-order valence-corrected chi connectivity index (χ3v) is 3.36. The van der Waals surface area contributed by atoms with E-state index in [9.17, 15) is 0 Å². The monoisotopic (exact) mass is 239 g/mol. The van der Waals surface area contributed by atoms with Crippen LogP contribution in [0.4, 0.5) is 0 Å². The third kappa shape index (κ3) is 2.08. The molecule has 0 saturated carbocycles. The summed E-state index contributed by atoms with van der Waals surface area (Å²) >= 11 is 1.58. The summed E-state index contributed by atoms with van der Waals surface area (Å²) in [5.41, 5.74) is 1.68. The topological polar surface area (TPSA) is 69.6 Å². The lowest BCUT2D eigenvalue weighted by Crippen LogP contribution is -1.97. The van der Waals surface area contributed by atoms with Crippen LogP contribution in [0.1, 0.15) is 24.1 Å². The maximum atomic E-state index is 4.63. The molecule has 0 aliphatic heterocycles. The average molecular weight is 239 g/mol. The fourth-order valence-electron chi connectivity index (χ4n) is 1.29. The van der Waals surface area contributed by atoms with Gasteiger partial charge in [-0.1, -0.05) is 29.0 Å². The maximum Gasteiger partial charge on any atom is 0.191 e. The summed E-state index contributed by atoms with van der Waals surface area (Å²) in [4.78, 5) is 0. The Kier molecular flexibility index (Phi) is 3.23. The average Bonchev–Trinajstić information content (AvgIpc) is 2.83. The van der Waals surface area contributed by atoms with Crippen molar-refractivity contribution < 1.29 is 4.63 Å². The van der Waals surface area contributed by atoms with Crippen LogP contribution in [0, 0.1) is 6.92 Å². The first-order chi connectivity index (χ1) is 7.72. The van der Waals surface area contributed by atoms with Crippen molar-refractivity contribution in [1.82, 2.24) is 25.1 Å². The number of hydrogen-bond acceptors (Lipinski definition) is 6. The summed E-state index contributed by atoms with van der Waals surface area (Å²) in [7, 11) is 1.97. The van der Waals surface area contributed by atoms with Crippen molar-refractivity contribution in [3.05, 3.63) is 17.2 Å². The second-order valence-electron chi connectivity index (χ2n) is 3.40. The van der Waals surface area contributed by atoms with Crippen LogP contribution in [0.15, 0.2) is 9.79 Å². The molecule has 2 rings (SSSR count). The molecule has 0 aliphatic carbocycles. The molecule has 0 unspecified atom stereocenters. The predicted octanol–water partition coefficient (Wildman–Crippen LogP) is 1.36. The summed E-state index contributed by atoms with van der Waals surface area (Å²) in [6, 6.07) is 0. The molecule has 0 saturated heterocycles. The summed E-state index contributed by atoms with van der Waals surface area (Å²) in [6.45, 7) is 3.94. The molecule has 2 aromatic heterocycles. The van der Waals surface area contributed by atoms with Gasteiger partial charge < -0.3 is 4.57 Å². The van der Waals surface area contributed by atoms with Crippen LogP contribution in [-0.2, 0) is 19.2 Å². The fraction of sp³-hybridized carbons (Fsp3) is 0.556. The first kappa shape index (κ1) is 11.1. The largest absolute Gasteiger partial charge is 0.309 e. The van der Waals surface area contributed by atoms with Gasteiger partial charge in [-0.25, -0.2) is 4.63 Å². The van der Waals surface area contributed by atoms with Gasteiger partial charge >= 0.3 is 0 Å². The van der Waals surface area contributed by atoms with Gasteiger partial charge in [-0.15, -0.1) is 10.2 Å². The molecule has 0 N–H and O–H groups in total. The number of aromatic nitrogens is 5. The molecule has 2 heterocycles. The second kappa shape index (κ2) is 4.65. The van der Waals surface area contributed by atoms with Crippen LogP contribution in [-0.4, -0.2) is 25.1 Å². The Bertz CT molecular complexity index is 478. The minimum absolute atomic E-state index is 0.699. The highest BCUT2D eigenvalue weighted by Gasteiger charge is 2.10. The first-order valence-corrected chi connectivity index (χ1v) is 6.00. The van der Waals surface area contributed by atoms with Crippen molar-refractivity contribution in [3.8, 4) is 0 Å². The van der Waals surface area contributed by atoms with Gasteiger partial charge in [0, 0.05) is 19.2 Å². The predicted molar refractivity (Wildman–Crippen MR) is 59.0 cm³/mol. The Hall–Kier alpha value is -1.37. The molecule has 0 spiro atoms. The van der Waals surface area contributed by atoms with Crippen molar-refractivity contribution in [2.45, 2.75) is 31.2 Å². The molecular weight excluding hydrogens is 226 g/mol. The number of rotatable bonds is 4. The van der Waals surface area contributed by atoms with Gasteiger partial charge in [-0.2, -0.15) is 0 Å². The third-order valence-electron chi connectivity index (χ3n) is 2.33. The second-order valence-corrected chi connectivity index (χ2v) is 4.34. The smallest absolute Gasteiger partial charge is 0.191 e. The van der Waals surface area contributed by atoms with E-state index >= 15 is 0 Å². The van der Waals surface area contributed by atoms with Crippen molar-refractivity contribution in [2.75, 3.05) is 0 Å². The summed E-state index contributed by atoms with van der Waals surface area (Å²) < 4.78 is 6.63. The van der Waals surface area contributed by atoms with Gasteiger partial charge in [-0.3, -0.25) is 0 Å². The molecule has 16 heavy (non-hydrogen) atoms. The lowest BCUT2D eigenvalue weighted by atomic mass is 10.4. The van der Waals surface area contributed by atoms with E-state index in [2.05, 4.69) is 32.1 Å². The zero-order chi connectivity index (χ0) is 11.5. The van der Waals surface area contributed by atoms with Gasteiger partial charge in [0.15, 0.2) is 5.16 Å². The van der Waals surface area contributed by atoms with E-state index in [0.717, 1.165) is 28.8 Å². The van der Waals surface area contributed by atoms with Gasteiger partial charge in [-0.05, 0) is 6.92 Å². The molecule has 0 fully saturated rings. The van der Waals surface area contributed by atoms with Crippen LogP contribution in [0.5, 0.6) is 0 Å². The maximum absolute atomic E-state index is 4.63. The van der Waals surface area contributed by atoms with E-state index < -0.39 is 0 Å². The molecule has 0 radical (unpaired) electrons. The van der Waals surface area contributed by atoms with Crippen molar-refractivity contribution >= 4 is 11.8 Å². The molecule has 86 valence electrons. The number of nitrogens with zero attached hydrogens (tertiary/aromatic N) is 5. The summed E-state index contributed by atoms with van der Waals surface area (Å²) in [5.74, 6) is 1.68. The number of aryl methyl sites for hydroxylation is 2. The molecular formula is C9H13N5OS. The van der Waals surface area contributed by atoms with Crippen molar-refractivity contribution in [3.63, 3.8) is 0 Å². The van der Waals surface area contributed by atoms with E-state index in [1.165, 1.54) is 0 Å². The highest BCUT2D eigenvalue weighted by molar-refractivity contribution is 7.98. The lowest BCUT2D eigenvalue weighted by molar-refractivity contribution is 0.302. The normalized spacial score (nSPS) is 10.9. The number of thioether (sulfide) groups is 1. The highest BCUT2D eigenvalue weighted by atomic mass is 32.2. The van der Waals surface area contributed by atoms with E-state index in [0.29, 0.717) is 5.75 Å². The van der Waals surface area contributed by atoms with E-state index in [4.69, 9.17) is 0 Å². The molecule has 2 aromatic rings. The minimum Gasteiger partial charge on any atom is -0.309 e. The van der Waals surface area contributed by atoms with Crippen LogP contribution in [0.2, 0.25) is 0 Å². The number of hydrogen-bond donors (Lipinski definition) is 0. The molecule has 7 heteroatoms. The first-order valence-electron chi connectivity index (χ1n) is 5.01. The summed E-state index contributed by atoms with van der Waals surface area (Å²) in [6.07, 6.45) is 0.884. The minimum atomic E-state index is 0.699. The molecule has 0 aliphatic rings. The van der Waals surface area contributed by atoms with Crippen molar-refractivity contribution in [2.24, 2.45) is 7.05 Å². The van der Waals surface area contributed by atoms with Gasteiger partial charge in [0.2, 0.25) is 0 Å². The Morgan fingerprint density at radius 1 is 1.31 bits per heavy atom. The van der Waals surface area contributed by atoms with Crippen molar-refractivity contribution in [1.29, 1.82) is 0 Å². The molecule has 6 nitrogen and oxygen atoms in total. The Morgan fingerprint density at radius 2 is 2.12 bits per heavy atom. The SMILES string of the molecule is CCc1nnc(SCc2nonc2C)n1C. The van der Waals surface area contributed by atoms with Crippen LogP contribution < -0.4 is 0 Å². The fourth-order valence-corrected chi connectivity index (χ4v) is 2.22. The molecule has 0 atom stereocenters.